The summed E-state index contributed by atoms with van der Waals surface area (Å²) in [5.74, 6) is 0.00158. The zero-order valence-corrected chi connectivity index (χ0v) is 10.3. The van der Waals surface area contributed by atoms with Gasteiger partial charge < -0.3 is 10.5 Å². The Morgan fingerprint density at radius 1 is 1.44 bits per heavy atom. The van der Waals surface area contributed by atoms with Crippen molar-refractivity contribution in [2.75, 3.05) is 6.61 Å². The van der Waals surface area contributed by atoms with Crippen LogP contribution in [0, 0.1) is 11.7 Å². The molecule has 0 radical (unpaired) electrons. The van der Waals surface area contributed by atoms with Crippen LogP contribution in [0.15, 0.2) is 18.2 Å². The van der Waals surface area contributed by atoms with Gasteiger partial charge in [0.2, 0.25) is 0 Å². The van der Waals surface area contributed by atoms with Crippen LogP contribution in [0.2, 0.25) is 5.02 Å². The second-order valence-electron chi connectivity index (χ2n) is 4.12. The topological polar surface area (TPSA) is 35.2 Å². The Morgan fingerprint density at radius 2 is 2.12 bits per heavy atom. The molecule has 0 saturated carbocycles. The summed E-state index contributed by atoms with van der Waals surface area (Å²) in [6.07, 6.45) is 0. The zero-order chi connectivity index (χ0) is 12.1. The molecule has 1 atom stereocenters. The number of nitrogens with two attached hydrogens (primary N) is 1. The molecule has 0 unspecified atom stereocenters. The Balaban J connectivity index is 2.49. The predicted octanol–water partition coefficient (Wildman–Crippen LogP) is 2.98. The van der Waals surface area contributed by atoms with Crippen molar-refractivity contribution in [2.45, 2.75) is 26.5 Å². The van der Waals surface area contributed by atoms with E-state index in [9.17, 15) is 4.39 Å². The van der Waals surface area contributed by atoms with E-state index in [1.807, 2.05) is 13.8 Å². The largest absolute Gasteiger partial charge is 0.375 e. The number of ether oxygens (including phenoxy) is 1. The van der Waals surface area contributed by atoms with E-state index in [2.05, 4.69) is 0 Å². The Morgan fingerprint density at radius 3 is 2.69 bits per heavy atom. The van der Waals surface area contributed by atoms with Gasteiger partial charge in [-0.2, -0.15) is 0 Å². The summed E-state index contributed by atoms with van der Waals surface area (Å²) < 4.78 is 18.7. The monoisotopic (exact) mass is 245 g/mol. The van der Waals surface area contributed by atoms with Crippen LogP contribution in [0.4, 0.5) is 4.39 Å². The van der Waals surface area contributed by atoms with Crippen LogP contribution in [-0.4, -0.2) is 12.6 Å². The molecule has 0 heterocycles. The summed E-state index contributed by atoms with van der Waals surface area (Å²) in [7, 11) is 0. The molecule has 0 fully saturated rings. The van der Waals surface area contributed by atoms with Crippen LogP contribution in [0.5, 0.6) is 0 Å². The highest BCUT2D eigenvalue weighted by Crippen LogP contribution is 2.19. The normalized spacial score (nSPS) is 13.1. The molecule has 1 rings (SSSR count). The molecule has 0 aliphatic rings. The van der Waals surface area contributed by atoms with E-state index in [1.165, 1.54) is 6.07 Å². The van der Waals surface area contributed by atoms with Crippen LogP contribution in [0.25, 0.3) is 0 Å². The molecule has 0 aromatic heterocycles. The number of hydrogen-bond donors (Lipinski definition) is 1. The third kappa shape index (κ3) is 3.74. The van der Waals surface area contributed by atoms with Crippen molar-refractivity contribution in [3.05, 3.63) is 34.6 Å². The quantitative estimate of drug-likeness (QED) is 0.866. The van der Waals surface area contributed by atoms with Gasteiger partial charge in [0, 0.05) is 16.6 Å². The highest BCUT2D eigenvalue weighted by molar-refractivity contribution is 6.31. The highest BCUT2D eigenvalue weighted by Gasteiger charge is 2.10. The van der Waals surface area contributed by atoms with Crippen molar-refractivity contribution in [1.29, 1.82) is 0 Å². The maximum absolute atomic E-state index is 13.3. The smallest absolute Gasteiger partial charge is 0.130 e. The summed E-state index contributed by atoms with van der Waals surface area (Å²) in [4.78, 5) is 0. The lowest BCUT2D eigenvalue weighted by Gasteiger charge is -2.16. The molecule has 0 bridgehead atoms. The van der Waals surface area contributed by atoms with Gasteiger partial charge in [-0.1, -0.05) is 31.5 Å². The minimum atomic E-state index is -0.342. The van der Waals surface area contributed by atoms with Gasteiger partial charge in [-0.25, -0.2) is 4.39 Å². The Bertz CT molecular complexity index is 324. The molecule has 4 heteroatoms. The van der Waals surface area contributed by atoms with E-state index in [0.29, 0.717) is 23.1 Å². The predicted molar refractivity (Wildman–Crippen MR) is 63.9 cm³/mol. The van der Waals surface area contributed by atoms with E-state index in [1.54, 1.807) is 12.1 Å². The van der Waals surface area contributed by atoms with Crippen molar-refractivity contribution in [3.63, 3.8) is 0 Å². The fourth-order valence-corrected chi connectivity index (χ4v) is 1.38. The lowest BCUT2D eigenvalue weighted by Crippen LogP contribution is -2.31. The minimum absolute atomic E-state index is 0.0365. The Hall–Kier alpha value is -0.640. The lowest BCUT2D eigenvalue weighted by molar-refractivity contribution is 0.0954. The molecular formula is C12H17ClFNO. The maximum atomic E-state index is 13.3. The molecule has 0 spiro atoms. The van der Waals surface area contributed by atoms with Gasteiger partial charge in [-0.3, -0.25) is 0 Å². The third-order valence-corrected chi connectivity index (χ3v) is 2.83. The first-order valence-corrected chi connectivity index (χ1v) is 5.66. The van der Waals surface area contributed by atoms with Gasteiger partial charge in [0.1, 0.15) is 5.82 Å². The number of halogens is 2. The van der Waals surface area contributed by atoms with Crippen molar-refractivity contribution in [1.82, 2.24) is 0 Å². The molecule has 0 amide bonds. The Kier molecular flexibility index (Phi) is 5.19. The van der Waals surface area contributed by atoms with E-state index in [0.717, 1.165) is 0 Å². The molecule has 1 aromatic carbocycles. The maximum Gasteiger partial charge on any atom is 0.130 e. The molecule has 0 aliphatic carbocycles. The summed E-state index contributed by atoms with van der Waals surface area (Å²) in [6.45, 7) is 4.60. The number of benzene rings is 1. The Labute approximate surface area is 101 Å². The molecule has 2 N–H and O–H groups in total. The molecule has 2 nitrogen and oxygen atoms in total. The molecule has 90 valence electrons. The molecule has 0 saturated heterocycles. The van der Waals surface area contributed by atoms with Gasteiger partial charge >= 0.3 is 0 Å². The van der Waals surface area contributed by atoms with Crippen molar-refractivity contribution in [2.24, 2.45) is 11.7 Å². The number of rotatable bonds is 5. The summed E-state index contributed by atoms with van der Waals surface area (Å²) in [5.41, 5.74) is 6.19. The lowest BCUT2D eigenvalue weighted by atomic mass is 10.1. The highest BCUT2D eigenvalue weighted by atomic mass is 35.5. The van der Waals surface area contributed by atoms with E-state index in [4.69, 9.17) is 22.1 Å². The van der Waals surface area contributed by atoms with E-state index in [-0.39, 0.29) is 18.5 Å². The first kappa shape index (κ1) is 13.4. The standard InChI is InChI=1S/C12H17ClFNO/c1-8(2)12(15)7-16-6-9-10(13)4-3-5-11(9)14/h3-5,8,12H,6-7,15H2,1-2H3/t12-/m1/s1. The van der Waals surface area contributed by atoms with Gasteiger partial charge in [0.15, 0.2) is 0 Å². The van der Waals surface area contributed by atoms with Crippen LogP contribution < -0.4 is 5.73 Å². The van der Waals surface area contributed by atoms with Crippen LogP contribution in [0.3, 0.4) is 0 Å². The fourth-order valence-electron chi connectivity index (χ4n) is 1.16. The zero-order valence-electron chi connectivity index (χ0n) is 9.54. The SMILES string of the molecule is CC(C)[C@H](N)COCc1c(F)cccc1Cl. The summed E-state index contributed by atoms with van der Waals surface area (Å²) in [5, 5.41) is 0.387. The van der Waals surface area contributed by atoms with Gasteiger partial charge in [-0.05, 0) is 18.1 Å². The van der Waals surface area contributed by atoms with E-state index < -0.39 is 0 Å². The first-order chi connectivity index (χ1) is 7.52. The van der Waals surface area contributed by atoms with Gasteiger partial charge in [0.05, 0.1) is 13.2 Å². The second kappa shape index (κ2) is 6.18. The van der Waals surface area contributed by atoms with Crippen molar-refractivity contribution < 1.29 is 9.13 Å². The average Bonchev–Trinajstić information content (AvgIpc) is 2.22. The molecular weight excluding hydrogens is 229 g/mol. The summed E-state index contributed by atoms with van der Waals surface area (Å²) >= 11 is 5.86. The first-order valence-electron chi connectivity index (χ1n) is 5.28. The van der Waals surface area contributed by atoms with Crippen LogP contribution in [0.1, 0.15) is 19.4 Å². The van der Waals surface area contributed by atoms with Crippen molar-refractivity contribution >= 4 is 11.6 Å². The fraction of sp³-hybridized carbons (Fsp3) is 0.500. The third-order valence-electron chi connectivity index (χ3n) is 2.47. The molecule has 16 heavy (non-hydrogen) atoms. The average molecular weight is 246 g/mol. The van der Waals surface area contributed by atoms with E-state index >= 15 is 0 Å². The van der Waals surface area contributed by atoms with Crippen LogP contribution in [-0.2, 0) is 11.3 Å². The van der Waals surface area contributed by atoms with Gasteiger partial charge in [-0.15, -0.1) is 0 Å². The van der Waals surface area contributed by atoms with Crippen molar-refractivity contribution in [3.8, 4) is 0 Å². The number of hydrogen-bond acceptors (Lipinski definition) is 2. The van der Waals surface area contributed by atoms with Crippen LogP contribution >= 0.6 is 11.6 Å². The molecule has 1 aromatic rings. The minimum Gasteiger partial charge on any atom is -0.375 e. The second-order valence-corrected chi connectivity index (χ2v) is 4.53. The summed E-state index contributed by atoms with van der Waals surface area (Å²) in [6, 6.07) is 4.55. The molecule has 0 aliphatic heterocycles. The van der Waals surface area contributed by atoms with Gasteiger partial charge in [0.25, 0.3) is 0 Å².